The molecule has 0 heterocycles. The molecule has 1 aliphatic carbocycles. The zero-order valence-corrected chi connectivity index (χ0v) is 35.0. The molecule has 0 fully saturated rings. The van der Waals surface area contributed by atoms with Crippen molar-refractivity contribution in [2.24, 2.45) is 0 Å². The molecule has 0 saturated heterocycles. The van der Waals surface area contributed by atoms with E-state index in [2.05, 4.69) is 255 Å². The van der Waals surface area contributed by atoms with Crippen LogP contribution in [0.3, 0.4) is 0 Å². The Balaban J connectivity index is 1.21. The first-order valence-electron chi connectivity index (χ1n) is 21.6. The Hall–Kier alpha value is -7.74. The van der Waals surface area contributed by atoms with Crippen LogP contribution in [-0.4, -0.2) is 0 Å². The number of hydrogen-bond donors (Lipinski definition) is 0. The normalized spacial score (nSPS) is 12.5. The summed E-state index contributed by atoms with van der Waals surface area (Å²) < 4.78 is 0. The highest BCUT2D eigenvalue weighted by Gasteiger charge is 2.38. The van der Waals surface area contributed by atoms with Gasteiger partial charge in [0.25, 0.3) is 0 Å². The molecule has 0 N–H and O–H groups in total. The van der Waals surface area contributed by atoms with Crippen molar-refractivity contribution in [3.05, 3.63) is 248 Å². The summed E-state index contributed by atoms with van der Waals surface area (Å²) in [5.74, 6) is 0. The van der Waals surface area contributed by atoms with Gasteiger partial charge < -0.3 is 4.90 Å². The fourth-order valence-electron chi connectivity index (χ4n) is 10.0. The van der Waals surface area contributed by atoms with Gasteiger partial charge in [0, 0.05) is 22.2 Å². The van der Waals surface area contributed by atoms with Crippen molar-refractivity contribution in [3.63, 3.8) is 0 Å². The quantitative estimate of drug-likeness (QED) is 0.148. The molecule has 0 spiro atoms. The van der Waals surface area contributed by atoms with Crippen molar-refractivity contribution in [2.45, 2.75) is 19.3 Å². The third kappa shape index (κ3) is 6.33. The molecule has 1 heteroatoms. The molecule has 10 aromatic carbocycles. The number of para-hydroxylation sites is 1. The van der Waals surface area contributed by atoms with Crippen molar-refractivity contribution >= 4 is 27.8 Å². The van der Waals surface area contributed by atoms with E-state index in [1.807, 2.05) is 0 Å². The van der Waals surface area contributed by atoms with E-state index in [1.165, 1.54) is 88.7 Å². The number of rotatable bonds is 8. The maximum atomic E-state index is 2.53. The summed E-state index contributed by atoms with van der Waals surface area (Å²) in [5, 5.41) is 2.47. The van der Waals surface area contributed by atoms with E-state index in [1.54, 1.807) is 0 Å². The second kappa shape index (κ2) is 15.4. The first-order valence-corrected chi connectivity index (χ1v) is 21.6. The predicted molar refractivity (Wildman–Crippen MR) is 263 cm³/mol. The Labute approximate surface area is 364 Å². The second-order valence-electron chi connectivity index (χ2n) is 16.8. The number of hydrogen-bond acceptors (Lipinski definition) is 1. The molecule has 1 aliphatic rings. The van der Waals surface area contributed by atoms with Gasteiger partial charge in [0.2, 0.25) is 0 Å². The van der Waals surface area contributed by atoms with Gasteiger partial charge in [-0.05, 0) is 108 Å². The molecule has 0 atom stereocenters. The van der Waals surface area contributed by atoms with Gasteiger partial charge >= 0.3 is 0 Å². The summed E-state index contributed by atoms with van der Waals surface area (Å²) in [6, 6.07) is 86.8. The third-order valence-electron chi connectivity index (χ3n) is 12.9. The van der Waals surface area contributed by atoms with Gasteiger partial charge in [-0.2, -0.15) is 0 Å². The average Bonchev–Trinajstić information content (AvgIpc) is 3.58. The molecule has 0 radical (unpaired) electrons. The van der Waals surface area contributed by atoms with Crippen LogP contribution in [0.1, 0.15) is 25.0 Å². The summed E-state index contributed by atoms with van der Waals surface area (Å²) in [5.41, 5.74) is 20.4. The van der Waals surface area contributed by atoms with Gasteiger partial charge in [0.15, 0.2) is 0 Å². The molecule has 0 bridgehead atoms. The van der Waals surface area contributed by atoms with Crippen LogP contribution in [0.2, 0.25) is 0 Å². The topological polar surface area (TPSA) is 3.24 Å². The van der Waals surface area contributed by atoms with E-state index in [4.69, 9.17) is 0 Å². The lowest BCUT2D eigenvalue weighted by Crippen LogP contribution is -2.17. The SMILES string of the molecule is CC1(C)c2ccccc2-c2cccc(-c3ccccc3N(c3cccc(-c4ccc5ccccc5c4)c3)c3cccc(-c4ccccc4)c3-c3ccccc3-c3ccccc3)c21. The van der Waals surface area contributed by atoms with Crippen LogP contribution in [0.25, 0.3) is 77.5 Å². The minimum absolute atomic E-state index is 0.191. The Kier molecular flexibility index (Phi) is 9.24. The van der Waals surface area contributed by atoms with Crippen LogP contribution in [0.4, 0.5) is 17.1 Å². The Morgan fingerprint density at radius 1 is 0.306 bits per heavy atom. The summed E-state index contributed by atoms with van der Waals surface area (Å²) in [6.45, 7) is 4.77. The molecule has 11 rings (SSSR count). The first kappa shape index (κ1) is 37.3. The summed E-state index contributed by atoms with van der Waals surface area (Å²) in [7, 11) is 0. The molecule has 0 amide bonds. The Bertz CT molecular complexity index is 3270. The van der Waals surface area contributed by atoms with E-state index in [0.29, 0.717) is 0 Å². The van der Waals surface area contributed by atoms with Crippen LogP contribution in [0.5, 0.6) is 0 Å². The Morgan fingerprint density at radius 2 is 0.806 bits per heavy atom. The van der Waals surface area contributed by atoms with Gasteiger partial charge in [-0.15, -0.1) is 0 Å². The molecular weight excluding hydrogens is 747 g/mol. The molecule has 0 unspecified atom stereocenters. The molecule has 62 heavy (non-hydrogen) atoms. The van der Waals surface area contributed by atoms with Gasteiger partial charge in [-0.25, -0.2) is 0 Å². The fraction of sp³-hybridized carbons (Fsp3) is 0.0492. The van der Waals surface area contributed by atoms with Gasteiger partial charge in [0.05, 0.1) is 11.4 Å². The number of anilines is 3. The first-order chi connectivity index (χ1) is 30.5. The van der Waals surface area contributed by atoms with Gasteiger partial charge in [-0.3, -0.25) is 0 Å². The zero-order valence-electron chi connectivity index (χ0n) is 35.0. The number of nitrogens with zero attached hydrogens (tertiary/aromatic N) is 1. The summed E-state index contributed by atoms with van der Waals surface area (Å²) in [6.07, 6.45) is 0. The molecule has 1 nitrogen and oxygen atoms in total. The highest BCUT2D eigenvalue weighted by molar-refractivity contribution is 6.03. The van der Waals surface area contributed by atoms with Crippen LogP contribution in [0.15, 0.2) is 237 Å². The smallest absolute Gasteiger partial charge is 0.0546 e. The molecular formula is C61H45N. The number of fused-ring (bicyclic) bond motifs is 4. The van der Waals surface area contributed by atoms with Gasteiger partial charge in [-0.1, -0.05) is 220 Å². The van der Waals surface area contributed by atoms with Crippen LogP contribution >= 0.6 is 0 Å². The van der Waals surface area contributed by atoms with Crippen LogP contribution in [0, 0.1) is 0 Å². The number of benzene rings is 10. The molecule has 0 aromatic heterocycles. The summed E-state index contributed by atoms with van der Waals surface area (Å²) >= 11 is 0. The average molecular weight is 792 g/mol. The van der Waals surface area contributed by atoms with E-state index in [9.17, 15) is 0 Å². The zero-order chi connectivity index (χ0) is 41.6. The fourth-order valence-corrected chi connectivity index (χ4v) is 10.0. The molecule has 0 aliphatic heterocycles. The summed E-state index contributed by atoms with van der Waals surface area (Å²) in [4.78, 5) is 2.53. The van der Waals surface area contributed by atoms with Gasteiger partial charge in [0.1, 0.15) is 0 Å². The van der Waals surface area contributed by atoms with E-state index >= 15 is 0 Å². The maximum Gasteiger partial charge on any atom is 0.0546 e. The van der Waals surface area contributed by atoms with Crippen molar-refractivity contribution in [2.75, 3.05) is 4.90 Å². The van der Waals surface area contributed by atoms with Crippen molar-refractivity contribution in [3.8, 4) is 66.8 Å². The standard InChI is InChI=1S/C61H45N/c1-61(2)56-35-15-13-29-51(56)54-33-18-34-55(60(54)61)52-30-14-16-36-57(52)62(48-27-17-26-46(41-48)47-39-38-42-20-9-10-25-45(42)40-47)58-37-19-32-50(44-23-7-4-8-24-44)59(58)53-31-12-11-28-49(53)43-21-5-3-6-22-43/h3-41H,1-2H3. The van der Waals surface area contributed by atoms with Crippen molar-refractivity contribution < 1.29 is 0 Å². The Morgan fingerprint density at radius 3 is 1.58 bits per heavy atom. The predicted octanol–water partition coefficient (Wildman–Crippen LogP) is 17.0. The van der Waals surface area contributed by atoms with Crippen molar-refractivity contribution in [1.29, 1.82) is 0 Å². The van der Waals surface area contributed by atoms with E-state index in [-0.39, 0.29) is 5.41 Å². The minimum Gasteiger partial charge on any atom is -0.309 e. The highest BCUT2D eigenvalue weighted by Crippen LogP contribution is 2.55. The third-order valence-corrected chi connectivity index (χ3v) is 12.9. The monoisotopic (exact) mass is 791 g/mol. The van der Waals surface area contributed by atoms with Crippen LogP contribution < -0.4 is 4.90 Å². The van der Waals surface area contributed by atoms with Crippen molar-refractivity contribution in [1.82, 2.24) is 0 Å². The van der Waals surface area contributed by atoms with E-state index in [0.717, 1.165) is 17.1 Å². The van der Waals surface area contributed by atoms with Crippen LogP contribution in [-0.2, 0) is 5.41 Å². The maximum absolute atomic E-state index is 2.53. The highest BCUT2D eigenvalue weighted by atomic mass is 15.1. The lowest BCUT2D eigenvalue weighted by atomic mass is 9.78. The van der Waals surface area contributed by atoms with E-state index < -0.39 is 0 Å². The molecule has 10 aromatic rings. The minimum atomic E-state index is -0.191. The molecule has 0 saturated carbocycles. The largest absolute Gasteiger partial charge is 0.309 e. The molecule has 294 valence electrons. The lowest BCUT2D eigenvalue weighted by Gasteiger charge is -2.33. The lowest BCUT2D eigenvalue weighted by molar-refractivity contribution is 0.662. The second-order valence-corrected chi connectivity index (χ2v) is 16.8.